The maximum atomic E-state index is 12.4. The summed E-state index contributed by atoms with van der Waals surface area (Å²) in [5.74, 6) is -0.548. The lowest BCUT2D eigenvalue weighted by Crippen LogP contribution is -2.42. The van der Waals surface area contributed by atoms with E-state index in [4.69, 9.17) is 0 Å². The fraction of sp³-hybridized carbons (Fsp3) is 0.417. The van der Waals surface area contributed by atoms with Crippen molar-refractivity contribution in [3.8, 4) is 0 Å². The molecule has 5 nitrogen and oxygen atoms in total. The molecule has 0 aromatic carbocycles. The molecular formula is C12H14F3N3O2S. The zero-order valence-corrected chi connectivity index (χ0v) is 12.1. The topological polar surface area (TPSA) is 71.1 Å². The molecule has 116 valence electrons. The Morgan fingerprint density at radius 3 is 2.52 bits per heavy atom. The van der Waals surface area contributed by atoms with Gasteiger partial charge in [-0.15, -0.1) is 0 Å². The van der Waals surface area contributed by atoms with Crippen LogP contribution in [0.15, 0.2) is 23.4 Å². The lowest BCUT2D eigenvalue weighted by atomic mass is 10.3. The van der Waals surface area contributed by atoms with Crippen molar-refractivity contribution < 1.29 is 22.8 Å². The van der Waals surface area contributed by atoms with Gasteiger partial charge in [0.25, 0.3) is 0 Å². The molecule has 2 N–H and O–H groups in total. The second-order valence-electron chi connectivity index (χ2n) is 3.99. The number of thioether (sulfide) groups is 1. The van der Waals surface area contributed by atoms with Crippen LogP contribution in [-0.4, -0.2) is 28.7 Å². The highest BCUT2D eigenvalue weighted by atomic mass is 32.2. The van der Waals surface area contributed by atoms with Gasteiger partial charge in [-0.1, -0.05) is 11.8 Å². The van der Waals surface area contributed by atoms with Gasteiger partial charge in [0.15, 0.2) is 0 Å². The summed E-state index contributed by atoms with van der Waals surface area (Å²) in [6.45, 7) is 3.61. The average Bonchev–Trinajstić information content (AvgIpc) is 2.38. The van der Waals surface area contributed by atoms with Crippen LogP contribution in [0.3, 0.4) is 0 Å². The van der Waals surface area contributed by atoms with E-state index in [0.29, 0.717) is 12.7 Å². The minimum Gasteiger partial charge on any atom is -0.338 e. The molecule has 1 atom stereocenters. The van der Waals surface area contributed by atoms with Crippen molar-refractivity contribution in [3.63, 3.8) is 0 Å². The number of halogens is 3. The number of amides is 3. The third-order valence-electron chi connectivity index (χ3n) is 2.30. The quantitative estimate of drug-likeness (QED) is 0.836. The maximum absolute atomic E-state index is 12.4. The van der Waals surface area contributed by atoms with Gasteiger partial charge < -0.3 is 5.32 Å². The number of alkyl halides is 3. The molecule has 1 unspecified atom stereocenters. The predicted octanol–water partition coefficient (Wildman–Crippen LogP) is 2.43. The molecule has 9 heteroatoms. The normalized spacial score (nSPS) is 12.6. The summed E-state index contributed by atoms with van der Waals surface area (Å²) in [5, 5.41) is 4.11. The SMILES string of the molecule is CCNC(=O)NC(=O)C(C)Sc1ccc(C(F)(F)F)cn1. The summed E-state index contributed by atoms with van der Waals surface area (Å²) in [6, 6.07) is 1.46. The van der Waals surface area contributed by atoms with Crippen LogP contribution in [-0.2, 0) is 11.0 Å². The molecule has 0 bridgehead atoms. The molecule has 0 aliphatic rings. The number of hydrogen-bond donors (Lipinski definition) is 2. The van der Waals surface area contributed by atoms with E-state index in [1.54, 1.807) is 6.92 Å². The van der Waals surface area contributed by atoms with E-state index in [1.807, 2.05) is 0 Å². The van der Waals surface area contributed by atoms with Gasteiger partial charge in [-0.2, -0.15) is 13.2 Å². The van der Waals surface area contributed by atoms with Crippen molar-refractivity contribution in [1.29, 1.82) is 0 Å². The van der Waals surface area contributed by atoms with Crippen LogP contribution in [0.1, 0.15) is 19.4 Å². The van der Waals surface area contributed by atoms with Crippen molar-refractivity contribution in [2.24, 2.45) is 0 Å². The molecule has 1 aromatic heterocycles. The number of pyridine rings is 1. The molecule has 21 heavy (non-hydrogen) atoms. The minimum atomic E-state index is -4.45. The Labute approximate surface area is 123 Å². The molecule has 1 heterocycles. The second-order valence-corrected chi connectivity index (χ2v) is 5.35. The third-order valence-corrected chi connectivity index (χ3v) is 3.36. The van der Waals surface area contributed by atoms with Gasteiger partial charge in [-0.3, -0.25) is 10.1 Å². The standard InChI is InChI=1S/C12H14F3N3O2S/c1-3-16-11(20)18-10(19)7(2)21-9-5-4-8(6-17-9)12(13,14)15/h4-7H,3H2,1-2H3,(H2,16,18,19,20). The number of imide groups is 1. The fourth-order valence-electron chi connectivity index (χ4n) is 1.27. The van der Waals surface area contributed by atoms with E-state index in [9.17, 15) is 22.8 Å². The first kappa shape index (κ1) is 17.3. The van der Waals surface area contributed by atoms with Crippen LogP contribution >= 0.6 is 11.8 Å². The molecule has 0 aliphatic heterocycles. The first-order valence-corrected chi connectivity index (χ1v) is 6.90. The first-order valence-electron chi connectivity index (χ1n) is 6.02. The van der Waals surface area contributed by atoms with Crippen LogP contribution in [0.5, 0.6) is 0 Å². The van der Waals surface area contributed by atoms with Crippen LogP contribution < -0.4 is 10.6 Å². The van der Waals surface area contributed by atoms with Gasteiger partial charge in [-0.25, -0.2) is 9.78 Å². The number of nitrogens with zero attached hydrogens (tertiary/aromatic N) is 1. The number of rotatable bonds is 4. The number of hydrogen-bond acceptors (Lipinski definition) is 4. The fourth-order valence-corrected chi connectivity index (χ4v) is 2.06. The Morgan fingerprint density at radius 1 is 1.38 bits per heavy atom. The van der Waals surface area contributed by atoms with Crippen molar-refractivity contribution in [3.05, 3.63) is 23.9 Å². The molecule has 1 aromatic rings. The molecule has 3 amide bonds. The number of carbonyl (C=O) groups excluding carboxylic acids is 2. The van der Waals surface area contributed by atoms with E-state index in [-0.39, 0.29) is 5.03 Å². The van der Waals surface area contributed by atoms with Gasteiger partial charge >= 0.3 is 12.2 Å². The summed E-state index contributed by atoms with van der Waals surface area (Å²) < 4.78 is 37.1. The van der Waals surface area contributed by atoms with Crippen molar-refractivity contribution in [2.45, 2.75) is 30.3 Å². The Bertz CT molecular complexity index is 505. The first-order chi connectivity index (χ1) is 9.74. The van der Waals surface area contributed by atoms with Gasteiger partial charge in [0.05, 0.1) is 15.8 Å². The van der Waals surface area contributed by atoms with Crippen molar-refractivity contribution in [1.82, 2.24) is 15.6 Å². The largest absolute Gasteiger partial charge is 0.417 e. The molecule has 0 spiro atoms. The van der Waals surface area contributed by atoms with E-state index in [0.717, 1.165) is 17.8 Å². The Balaban J connectivity index is 2.60. The maximum Gasteiger partial charge on any atom is 0.417 e. The van der Waals surface area contributed by atoms with Gasteiger partial charge in [0.1, 0.15) is 0 Å². The van der Waals surface area contributed by atoms with Crippen molar-refractivity contribution >= 4 is 23.7 Å². The van der Waals surface area contributed by atoms with E-state index < -0.39 is 28.9 Å². The van der Waals surface area contributed by atoms with E-state index >= 15 is 0 Å². The monoisotopic (exact) mass is 321 g/mol. The Morgan fingerprint density at radius 2 is 2.05 bits per heavy atom. The summed E-state index contributed by atoms with van der Waals surface area (Å²) >= 11 is 0.961. The highest BCUT2D eigenvalue weighted by molar-refractivity contribution is 8.00. The van der Waals surface area contributed by atoms with E-state index in [1.165, 1.54) is 13.0 Å². The van der Waals surface area contributed by atoms with Crippen LogP contribution in [0.2, 0.25) is 0 Å². The lowest BCUT2D eigenvalue weighted by Gasteiger charge is -2.11. The number of aromatic nitrogens is 1. The number of carbonyl (C=O) groups is 2. The van der Waals surface area contributed by atoms with Gasteiger partial charge in [0.2, 0.25) is 5.91 Å². The van der Waals surface area contributed by atoms with E-state index in [2.05, 4.69) is 15.6 Å². The van der Waals surface area contributed by atoms with Gasteiger partial charge in [0, 0.05) is 12.7 Å². The zero-order chi connectivity index (χ0) is 16.0. The molecular weight excluding hydrogens is 307 g/mol. The Kier molecular flexibility index (Phi) is 6.01. The van der Waals surface area contributed by atoms with Gasteiger partial charge in [-0.05, 0) is 26.0 Å². The summed E-state index contributed by atoms with van der Waals surface area (Å²) in [5.41, 5.74) is -0.855. The van der Waals surface area contributed by atoms with Crippen LogP contribution in [0.25, 0.3) is 0 Å². The van der Waals surface area contributed by atoms with Crippen LogP contribution in [0, 0.1) is 0 Å². The third kappa shape index (κ3) is 5.62. The second kappa shape index (κ2) is 7.30. The number of nitrogens with one attached hydrogen (secondary N) is 2. The lowest BCUT2D eigenvalue weighted by molar-refractivity contribution is -0.137. The molecule has 0 aliphatic carbocycles. The summed E-state index contributed by atoms with van der Waals surface area (Å²) in [7, 11) is 0. The van der Waals surface area contributed by atoms with Crippen LogP contribution in [0.4, 0.5) is 18.0 Å². The molecule has 0 radical (unpaired) electrons. The molecule has 1 rings (SSSR count). The summed E-state index contributed by atoms with van der Waals surface area (Å²) in [6.07, 6.45) is -3.74. The number of urea groups is 1. The minimum absolute atomic E-state index is 0.265. The highest BCUT2D eigenvalue weighted by Gasteiger charge is 2.30. The van der Waals surface area contributed by atoms with Crippen molar-refractivity contribution in [2.75, 3.05) is 6.54 Å². The zero-order valence-electron chi connectivity index (χ0n) is 11.3. The highest BCUT2D eigenvalue weighted by Crippen LogP contribution is 2.30. The molecule has 0 saturated heterocycles. The predicted molar refractivity (Wildman–Crippen MR) is 71.8 cm³/mol. The molecule has 0 saturated carbocycles. The summed E-state index contributed by atoms with van der Waals surface area (Å²) in [4.78, 5) is 26.5. The Hall–Kier alpha value is -1.77. The smallest absolute Gasteiger partial charge is 0.338 e. The average molecular weight is 321 g/mol. The molecule has 0 fully saturated rings.